The van der Waals surface area contributed by atoms with Crippen molar-refractivity contribution < 1.29 is 4.74 Å². The number of hydrogen-bond acceptors (Lipinski definition) is 4. The van der Waals surface area contributed by atoms with Crippen LogP contribution in [0.5, 0.6) is 5.75 Å². The van der Waals surface area contributed by atoms with Crippen LogP contribution < -0.4 is 10.1 Å². The van der Waals surface area contributed by atoms with Crippen LogP contribution in [0.25, 0.3) is 0 Å². The van der Waals surface area contributed by atoms with E-state index in [1.165, 1.54) is 15.4 Å². The Kier molecular flexibility index (Phi) is 3.95. The van der Waals surface area contributed by atoms with Gasteiger partial charge in [-0.2, -0.15) is 0 Å². The largest absolute Gasteiger partial charge is 0.494 e. The van der Waals surface area contributed by atoms with Gasteiger partial charge in [-0.1, -0.05) is 10.8 Å². The summed E-state index contributed by atoms with van der Waals surface area (Å²) in [4.78, 5) is 0. The smallest absolute Gasteiger partial charge is 0.253 e. The molecule has 1 aromatic carbocycles. The predicted octanol–water partition coefficient (Wildman–Crippen LogP) is 3.98. The van der Waals surface area contributed by atoms with E-state index >= 15 is 0 Å². The fourth-order valence-electron chi connectivity index (χ4n) is 2.90. The summed E-state index contributed by atoms with van der Waals surface area (Å²) in [6, 6.07) is 6.46. The molecule has 0 spiro atoms. The number of anilines is 1. The lowest BCUT2D eigenvalue weighted by Gasteiger charge is -2.41. The molecule has 0 saturated carbocycles. The second kappa shape index (κ2) is 5.43. The summed E-state index contributed by atoms with van der Waals surface area (Å²) in [7, 11) is 3.95. The van der Waals surface area contributed by atoms with Crippen molar-refractivity contribution in [3.05, 3.63) is 23.8 Å². The molecular weight excluding hydrogens is 306 g/mol. The van der Waals surface area contributed by atoms with Crippen LogP contribution in [0.3, 0.4) is 0 Å². The number of ether oxygens (including phenoxy) is 1. The second-order valence-corrected chi connectivity index (χ2v) is 9.12. The fourth-order valence-corrected chi connectivity index (χ4v) is 8.05. The van der Waals surface area contributed by atoms with Gasteiger partial charge in [-0.15, -0.1) is 0 Å². The highest BCUT2D eigenvalue weighted by Crippen LogP contribution is 2.57. The van der Waals surface area contributed by atoms with Crippen molar-refractivity contribution in [2.24, 2.45) is 0 Å². The molecule has 1 saturated heterocycles. The summed E-state index contributed by atoms with van der Waals surface area (Å²) < 4.78 is 7.20. The van der Waals surface area contributed by atoms with E-state index in [4.69, 9.17) is 4.74 Å². The van der Waals surface area contributed by atoms with E-state index in [1.54, 1.807) is 0 Å². The Bertz CT molecular complexity index is 556. The van der Waals surface area contributed by atoms with Crippen molar-refractivity contribution in [3.63, 3.8) is 0 Å². The van der Waals surface area contributed by atoms with Gasteiger partial charge in [-0.3, -0.25) is 0 Å². The monoisotopic (exact) mass is 326 g/mol. The van der Waals surface area contributed by atoms with Crippen LogP contribution in [0.4, 0.5) is 5.69 Å². The molecule has 3 rings (SSSR count). The van der Waals surface area contributed by atoms with Crippen LogP contribution in [0.15, 0.2) is 18.2 Å². The van der Waals surface area contributed by atoms with E-state index in [9.17, 15) is 0 Å². The predicted molar refractivity (Wildman–Crippen MR) is 95.3 cm³/mol. The Labute approximate surface area is 132 Å². The molecule has 2 heterocycles. The molecular formula is C15H20NOS3+. The highest BCUT2D eigenvalue weighted by Gasteiger charge is 2.52. The van der Waals surface area contributed by atoms with E-state index in [0.717, 1.165) is 5.75 Å². The standard InChI is InChI=1S/C15H20NOS3/c1-5-17-9-6-7-11-10(8-9)12-13(15(2,3)16-11)19-20-14(12)18-4/h6-8,12-13,16H,5H2,1-4H3/q+1. The Morgan fingerprint density at radius 3 is 2.90 bits per heavy atom. The minimum absolute atomic E-state index is 0.111. The van der Waals surface area contributed by atoms with Crippen molar-refractivity contribution in [3.8, 4) is 5.75 Å². The second-order valence-electron chi connectivity index (χ2n) is 5.63. The molecule has 2 aliphatic heterocycles. The van der Waals surface area contributed by atoms with Crippen molar-refractivity contribution in [1.29, 1.82) is 0 Å². The molecule has 1 N–H and O–H groups in total. The number of rotatable bonds is 2. The molecule has 0 bridgehead atoms. The average Bonchev–Trinajstić information content (AvgIpc) is 2.85. The summed E-state index contributed by atoms with van der Waals surface area (Å²) in [5.74, 6) is 1.49. The van der Waals surface area contributed by atoms with Crippen LogP contribution in [-0.2, 0) is 11.4 Å². The van der Waals surface area contributed by atoms with Gasteiger partial charge in [0, 0.05) is 22.0 Å². The highest BCUT2D eigenvalue weighted by atomic mass is 33.1. The zero-order valence-corrected chi connectivity index (χ0v) is 14.7. The van der Waals surface area contributed by atoms with Crippen LogP contribution in [-0.4, -0.2) is 27.8 Å². The topological polar surface area (TPSA) is 21.3 Å². The molecule has 5 heteroatoms. The third-order valence-electron chi connectivity index (χ3n) is 3.83. The maximum Gasteiger partial charge on any atom is 0.253 e. The molecule has 108 valence electrons. The Balaban J connectivity index is 2.10. The van der Waals surface area contributed by atoms with Gasteiger partial charge in [0.2, 0.25) is 0 Å². The minimum Gasteiger partial charge on any atom is -0.494 e. The first-order valence-corrected chi connectivity index (χ1v) is 10.3. The molecule has 1 aromatic rings. The fraction of sp³-hybridized carbons (Fsp3) is 0.533. The molecule has 2 aliphatic rings. The molecule has 1 fully saturated rings. The van der Waals surface area contributed by atoms with Crippen molar-refractivity contribution in [2.75, 3.05) is 18.2 Å². The van der Waals surface area contributed by atoms with Crippen molar-refractivity contribution in [2.45, 2.75) is 37.5 Å². The maximum absolute atomic E-state index is 5.68. The van der Waals surface area contributed by atoms with E-state index in [2.05, 4.69) is 43.6 Å². The van der Waals surface area contributed by atoms with E-state index < -0.39 is 0 Å². The van der Waals surface area contributed by atoms with Crippen molar-refractivity contribution >= 4 is 42.8 Å². The number of fused-ring (bicyclic) bond motifs is 3. The molecule has 2 unspecified atom stereocenters. The number of hydrogen-bond donors (Lipinski definition) is 1. The maximum atomic E-state index is 5.68. The van der Waals surface area contributed by atoms with Crippen LogP contribution in [0, 0.1) is 0 Å². The summed E-state index contributed by atoms with van der Waals surface area (Å²) in [6.07, 6.45) is 2.19. The lowest BCUT2D eigenvalue weighted by atomic mass is 9.81. The molecule has 0 aromatic heterocycles. The first kappa shape index (κ1) is 14.5. The minimum atomic E-state index is 0.111. The van der Waals surface area contributed by atoms with Gasteiger partial charge < -0.3 is 10.1 Å². The molecule has 2 atom stereocenters. The third kappa shape index (κ3) is 2.34. The highest BCUT2D eigenvalue weighted by molar-refractivity contribution is 8.84. The normalized spacial score (nSPS) is 28.7. The SMILES string of the molecule is CCOc1ccc2c(c1)C1C(=[S+]C)SSC1C(C)(C)N2. The molecule has 20 heavy (non-hydrogen) atoms. The third-order valence-corrected chi connectivity index (χ3v) is 8.58. The van der Waals surface area contributed by atoms with Gasteiger partial charge in [0.15, 0.2) is 17.6 Å². The Hall–Kier alpha value is -0.390. The lowest BCUT2D eigenvalue weighted by Crippen LogP contribution is -2.48. The molecule has 2 nitrogen and oxygen atoms in total. The molecule has 0 amide bonds. The van der Waals surface area contributed by atoms with Gasteiger partial charge in [0.05, 0.1) is 17.8 Å². The van der Waals surface area contributed by atoms with E-state index in [1.807, 2.05) is 39.9 Å². The summed E-state index contributed by atoms with van der Waals surface area (Å²) in [6.45, 7) is 7.36. The first-order chi connectivity index (χ1) is 9.56. The van der Waals surface area contributed by atoms with E-state index in [-0.39, 0.29) is 5.54 Å². The summed E-state index contributed by atoms with van der Waals surface area (Å²) in [5.41, 5.74) is 2.76. The van der Waals surface area contributed by atoms with Gasteiger partial charge >= 0.3 is 0 Å². The zero-order chi connectivity index (χ0) is 14.3. The number of nitrogens with one attached hydrogen (secondary N) is 1. The summed E-state index contributed by atoms with van der Waals surface area (Å²) >= 11 is 1.89. The molecule has 0 radical (unpaired) electrons. The van der Waals surface area contributed by atoms with Gasteiger partial charge in [-0.25, -0.2) is 0 Å². The quantitative estimate of drug-likeness (QED) is 0.504. The lowest BCUT2D eigenvalue weighted by molar-refractivity contribution is 0.339. The molecule has 0 aliphatic carbocycles. The van der Waals surface area contributed by atoms with Crippen molar-refractivity contribution in [1.82, 2.24) is 0 Å². The Morgan fingerprint density at radius 2 is 2.20 bits per heavy atom. The van der Waals surface area contributed by atoms with E-state index in [0.29, 0.717) is 17.8 Å². The number of benzene rings is 1. The van der Waals surface area contributed by atoms with Crippen LogP contribution in [0.2, 0.25) is 0 Å². The van der Waals surface area contributed by atoms with Crippen LogP contribution >= 0.6 is 21.6 Å². The zero-order valence-electron chi connectivity index (χ0n) is 12.2. The van der Waals surface area contributed by atoms with Gasteiger partial charge in [-0.05, 0) is 44.5 Å². The Morgan fingerprint density at radius 1 is 1.40 bits per heavy atom. The van der Waals surface area contributed by atoms with Gasteiger partial charge in [0.1, 0.15) is 5.75 Å². The average molecular weight is 327 g/mol. The first-order valence-electron chi connectivity index (χ1n) is 6.86. The summed E-state index contributed by atoms with van der Waals surface area (Å²) in [5, 5.41) is 4.28. The van der Waals surface area contributed by atoms with Crippen LogP contribution in [0.1, 0.15) is 32.3 Å². The van der Waals surface area contributed by atoms with Gasteiger partial charge in [0.25, 0.3) is 4.20 Å².